The lowest BCUT2D eigenvalue weighted by Crippen LogP contribution is -2.63. The average molecular weight is 340 g/mol. The van der Waals surface area contributed by atoms with E-state index >= 15 is 0 Å². The molecule has 9 nitrogen and oxygen atoms in total. The summed E-state index contributed by atoms with van der Waals surface area (Å²) in [5.74, 6) is -0.655. The quantitative estimate of drug-likeness (QED) is 0.364. The lowest BCUT2D eigenvalue weighted by atomic mass is 9.93. The number of hydrogen-bond donors (Lipinski definition) is 5. The Labute approximate surface area is 142 Å². The molecule has 0 saturated carbocycles. The zero-order valence-corrected chi connectivity index (χ0v) is 14.1. The number of nitrogens with one attached hydrogen (secondary N) is 5. The van der Waals surface area contributed by atoms with Crippen molar-refractivity contribution in [2.45, 2.75) is 37.5 Å². The monoisotopic (exact) mass is 340 g/mol. The maximum Gasteiger partial charge on any atom is 0.312 e. The van der Waals surface area contributed by atoms with Crippen LogP contribution in [-0.4, -0.2) is 75.0 Å². The normalized spacial score (nSPS) is 34.7. The van der Waals surface area contributed by atoms with E-state index in [9.17, 15) is 9.59 Å². The smallest absolute Gasteiger partial charge is 0.312 e. The Bertz CT molecular complexity index is 448. The van der Waals surface area contributed by atoms with Crippen LogP contribution in [0.4, 0.5) is 0 Å². The molecule has 1 amide bonds. The first kappa shape index (κ1) is 17.6. The Morgan fingerprint density at radius 2 is 2.00 bits per heavy atom. The van der Waals surface area contributed by atoms with Crippen LogP contribution in [0, 0.1) is 5.92 Å². The minimum atomic E-state index is -0.326. The summed E-state index contributed by atoms with van der Waals surface area (Å²) in [4.78, 5) is 26.7. The topological polar surface area (TPSA) is 107 Å². The first-order valence-corrected chi connectivity index (χ1v) is 8.74. The molecule has 0 aromatic rings. The highest BCUT2D eigenvalue weighted by Gasteiger charge is 2.35. The van der Waals surface area contributed by atoms with E-state index in [1.165, 1.54) is 7.11 Å². The van der Waals surface area contributed by atoms with Gasteiger partial charge in [-0.15, -0.1) is 0 Å². The molecule has 0 bridgehead atoms. The Balaban J connectivity index is 1.48. The van der Waals surface area contributed by atoms with Gasteiger partial charge in [0.05, 0.1) is 19.2 Å². The Morgan fingerprint density at radius 1 is 1.12 bits per heavy atom. The van der Waals surface area contributed by atoms with E-state index in [2.05, 4.69) is 31.7 Å². The molecule has 3 fully saturated rings. The van der Waals surface area contributed by atoms with E-state index in [4.69, 9.17) is 4.74 Å². The summed E-state index contributed by atoms with van der Waals surface area (Å²) in [6.45, 7) is 4.24. The first-order valence-electron chi connectivity index (χ1n) is 8.74. The molecular weight excluding hydrogens is 312 g/mol. The van der Waals surface area contributed by atoms with Crippen molar-refractivity contribution < 1.29 is 14.3 Å². The van der Waals surface area contributed by atoms with Gasteiger partial charge in [-0.1, -0.05) is 0 Å². The Morgan fingerprint density at radius 3 is 2.67 bits per heavy atom. The summed E-state index contributed by atoms with van der Waals surface area (Å²) < 4.78 is 4.85. The number of carbonyl (C=O) groups excluding carboxylic acids is 2. The van der Waals surface area contributed by atoms with Crippen molar-refractivity contribution in [1.29, 1.82) is 0 Å². The molecule has 4 unspecified atom stereocenters. The average Bonchev–Trinajstić information content (AvgIpc) is 3.16. The fourth-order valence-corrected chi connectivity index (χ4v) is 3.64. The van der Waals surface area contributed by atoms with Crippen molar-refractivity contribution in [3.63, 3.8) is 0 Å². The third-order valence-corrected chi connectivity index (χ3v) is 5.11. The third-order valence-electron chi connectivity index (χ3n) is 5.11. The molecule has 136 valence electrons. The molecule has 0 spiro atoms. The largest absolute Gasteiger partial charge is 0.469 e. The summed E-state index contributed by atoms with van der Waals surface area (Å²) in [7, 11) is 1.38. The predicted molar refractivity (Wildman–Crippen MR) is 87.6 cm³/mol. The maximum absolute atomic E-state index is 12.5. The summed E-state index contributed by atoms with van der Waals surface area (Å²) in [5, 5.41) is 9.52. The summed E-state index contributed by atoms with van der Waals surface area (Å²) >= 11 is 0. The molecule has 0 radical (unpaired) electrons. The number of hydrogen-bond acceptors (Lipinski definition) is 8. The first-order chi connectivity index (χ1) is 11.7. The van der Waals surface area contributed by atoms with E-state index in [0.717, 1.165) is 45.6 Å². The van der Waals surface area contributed by atoms with Gasteiger partial charge >= 0.3 is 5.97 Å². The van der Waals surface area contributed by atoms with Gasteiger partial charge in [0.1, 0.15) is 6.04 Å². The number of amides is 1. The van der Waals surface area contributed by atoms with E-state index in [1.54, 1.807) is 0 Å². The molecule has 9 heteroatoms. The second kappa shape index (κ2) is 8.21. The van der Waals surface area contributed by atoms with Crippen LogP contribution in [0.15, 0.2) is 0 Å². The fraction of sp³-hybridized carbons (Fsp3) is 0.867. The predicted octanol–water partition coefficient (Wildman–Crippen LogP) is -2.30. The number of methoxy groups -OCH3 is 1. The lowest BCUT2D eigenvalue weighted by Gasteiger charge is -2.37. The molecule has 24 heavy (non-hydrogen) atoms. The lowest BCUT2D eigenvalue weighted by molar-refractivity contribution is -0.147. The zero-order chi connectivity index (χ0) is 16.9. The second-order valence-corrected chi connectivity index (χ2v) is 6.64. The van der Waals surface area contributed by atoms with Crippen LogP contribution in [0.1, 0.15) is 19.3 Å². The van der Waals surface area contributed by atoms with Crippen LogP contribution < -0.4 is 26.8 Å². The van der Waals surface area contributed by atoms with E-state index < -0.39 is 0 Å². The van der Waals surface area contributed by atoms with Crippen LogP contribution in [0.5, 0.6) is 0 Å². The van der Waals surface area contributed by atoms with Gasteiger partial charge in [0.25, 0.3) is 0 Å². The van der Waals surface area contributed by atoms with Crippen molar-refractivity contribution in [2.24, 2.45) is 5.92 Å². The van der Waals surface area contributed by atoms with E-state index in [1.807, 2.05) is 0 Å². The number of rotatable bonds is 4. The van der Waals surface area contributed by atoms with Gasteiger partial charge in [0.2, 0.25) is 5.91 Å². The van der Waals surface area contributed by atoms with Gasteiger partial charge in [-0.05, 0) is 25.8 Å². The van der Waals surface area contributed by atoms with Gasteiger partial charge in [0, 0.05) is 32.3 Å². The van der Waals surface area contributed by atoms with Crippen LogP contribution in [-0.2, 0) is 14.3 Å². The van der Waals surface area contributed by atoms with Gasteiger partial charge in [0.15, 0.2) is 0 Å². The van der Waals surface area contributed by atoms with Crippen LogP contribution in [0.2, 0.25) is 0 Å². The minimum Gasteiger partial charge on any atom is -0.469 e. The maximum atomic E-state index is 12.5. The summed E-state index contributed by atoms with van der Waals surface area (Å²) in [6.07, 6.45) is 2.67. The highest BCUT2D eigenvalue weighted by Crippen LogP contribution is 2.16. The molecule has 3 saturated heterocycles. The van der Waals surface area contributed by atoms with Gasteiger partial charge in [-0.25, -0.2) is 10.9 Å². The Kier molecular flexibility index (Phi) is 6.01. The van der Waals surface area contributed by atoms with E-state index in [-0.39, 0.29) is 36.0 Å². The summed E-state index contributed by atoms with van der Waals surface area (Å²) in [6, 6.07) is -0.446. The Hall–Kier alpha value is -1.26. The van der Waals surface area contributed by atoms with E-state index in [0.29, 0.717) is 6.54 Å². The standard InChI is InChI=1S/C15H28N6O3/c1-24-15(23)10-8-16-5-4-11(10)18-14(22)12-2-3-13(20-19-12)21-7-6-17-9-21/h10-13,16-17,19-20H,2-9H2,1H3,(H,18,22). The zero-order valence-electron chi connectivity index (χ0n) is 14.1. The number of esters is 1. The van der Waals surface area contributed by atoms with Gasteiger partial charge in [-0.2, -0.15) is 0 Å². The van der Waals surface area contributed by atoms with Crippen LogP contribution >= 0.6 is 0 Å². The number of carbonyl (C=O) groups is 2. The molecular formula is C15H28N6O3. The minimum absolute atomic E-state index is 0.0544. The fourth-order valence-electron chi connectivity index (χ4n) is 3.64. The molecule has 3 aliphatic rings. The third kappa shape index (κ3) is 4.04. The highest BCUT2D eigenvalue weighted by molar-refractivity contribution is 5.83. The molecule has 0 aromatic carbocycles. The molecule has 3 heterocycles. The van der Waals surface area contributed by atoms with Crippen molar-refractivity contribution >= 4 is 11.9 Å². The van der Waals surface area contributed by atoms with Crippen molar-refractivity contribution in [1.82, 2.24) is 31.7 Å². The molecule has 5 N–H and O–H groups in total. The van der Waals surface area contributed by atoms with Crippen molar-refractivity contribution in [3.8, 4) is 0 Å². The SMILES string of the molecule is COC(=O)C1CNCCC1NC(=O)C1CCC(N2CCNC2)NN1. The molecule has 0 aliphatic carbocycles. The van der Waals surface area contributed by atoms with Crippen LogP contribution in [0.3, 0.4) is 0 Å². The molecule has 3 aliphatic heterocycles. The number of ether oxygens (including phenoxy) is 1. The highest BCUT2D eigenvalue weighted by atomic mass is 16.5. The summed E-state index contributed by atoms with van der Waals surface area (Å²) in [5.41, 5.74) is 6.38. The number of nitrogens with zero attached hydrogens (tertiary/aromatic N) is 1. The number of hydrazine groups is 1. The van der Waals surface area contributed by atoms with Crippen molar-refractivity contribution in [2.75, 3.05) is 40.0 Å². The molecule has 0 aromatic heterocycles. The van der Waals surface area contributed by atoms with Crippen LogP contribution in [0.25, 0.3) is 0 Å². The van der Waals surface area contributed by atoms with Crippen molar-refractivity contribution in [3.05, 3.63) is 0 Å². The van der Waals surface area contributed by atoms with Gasteiger partial charge in [-0.3, -0.25) is 14.5 Å². The van der Waals surface area contributed by atoms with Gasteiger partial charge < -0.3 is 20.7 Å². The second-order valence-electron chi connectivity index (χ2n) is 6.64. The number of piperidine rings is 1. The molecule has 4 atom stereocenters. The molecule has 3 rings (SSSR count).